The van der Waals surface area contributed by atoms with Crippen LogP contribution in [-0.4, -0.2) is 49.8 Å². The lowest BCUT2D eigenvalue weighted by molar-refractivity contribution is -0.0227. The molecule has 0 aromatic heterocycles. The van der Waals surface area contributed by atoms with Gasteiger partial charge in [0.05, 0.1) is 0 Å². The molecule has 17 heavy (non-hydrogen) atoms. The van der Waals surface area contributed by atoms with Crippen molar-refractivity contribution in [3.63, 3.8) is 0 Å². The Bertz CT molecular complexity index is 216. The molecule has 2 saturated heterocycles. The van der Waals surface area contributed by atoms with E-state index in [1.165, 1.54) is 45.3 Å². The number of nitrogens with zero attached hydrogens (tertiary/aromatic N) is 1. The molecule has 0 spiro atoms. The summed E-state index contributed by atoms with van der Waals surface area (Å²) in [6.07, 6.45) is 5.13. The first-order chi connectivity index (χ1) is 8.31. The minimum atomic E-state index is 0.794. The zero-order valence-electron chi connectivity index (χ0n) is 11.5. The van der Waals surface area contributed by atoms with E-state index in [0.29, 0.717) is 0 Å². The Morgan fingerprint density at radius 2 is 2.06 bits per heavy atom. The Kier molecular flexibility index (Phi) is 5.26. The number of rotatable bonds is 6. The molecule has 0 saturated carbocycles. The Morgan fingerprint density at radius 3 is 2.65 bits per heavy atom. The summed E-state index contributed by atoms with van der Waals surface area (Å²) < 4.78 is 5.44. The summed E-state index contributed by atoms with van der Waals surface area (Å²) in [4.78, 5) is 2.70. The highest BCUT2D eigenvalue weighted by molar-refractivity contribution is 4.90. The molecular formula is C14H28N2O. The SMILES string of the molecule is CCC(C)CNCC1CCN1C1CCOCC1. The second-order valence-electron chi connectivity index (χ2n) is 5.70. The summed E-state index contributed by atoms with van der Waals surface area (Å²) in [6, 6.07) is 1.59. The number of hydrogen-bond acceptors (Lipinski definition) is 3. The number of hydrogen-bond donors (Lipinski definition) is 1. The lowest BCUT2D eigenvalue weighted by atomic mass is 9.95. The van der Waals surface area contributed by atoms with E-state index >= 15 is 0 Å². The highest BCUT2D eigenvalue weighted by Crippen LogP contribution is 2.25. The summed E-state index contributed by atoms with van der Waals surface area (Å²) in [5.41, 5.74) is 0. The van der Waals surface area contributed by atoms with Crippen LogP contribution in [0.4, 0.5) is 0 Å². The van der Waals surface area contributed by atoms with Gasteiger partial charge in [0.15, 0.2) is 0 Å². The third kappa shape index (κ3) is 3.67. The fourth-order valence-electron chi connectivity index (χ4n) is 2.82. The van der Waals surface area contributed by atoms with Gasteiger partial charge in [0, 0.05) is 38.4 Å². The molecule has 0 aromatic rings. The molecule has 3 nitrogen and oxygen atoms in total. The third-order valence-corrected chi connectivity index (χ3v) is 4.42. The van der Waals surface area contributed by atoms with Gasteiger partial charge in [-0.15, -0.1) is 0 Å². The smallest absolute Gasteiger partial charge is 0.0480 e. The van der Waals surface area contributed by atoms with Crippen molar-refractivity contribution < 1.29 is 4.74 Å². The fraction of sp³-hybridized carbons (Fsp3) is 1.00. The molecule has 2 unspecified atom stereocenters. The molecule has 2 fully saturated rings. The average Bonchev–Trinajstić information content (AvgIpc) is 2.34. The van der Waals surface area contributed by atoms with Crippen molar-refractivity contribution in [1.29, 1.82) is 0 Å². The van der Waals surface area contributed by atoms with E-state index in [1.807, 2.05) is 0 Å². The minimum Gasteiger partial charge on any atom is -0.381 e. The normalized spacial score (nSPS) is 28.9. The van der Waals surface area contributed by atoms with Crippen molar-refractivity contribution in [2.24, 2.45) is 5.92 Å². The van der Waals surface area contributed by atoms with Gasteiger partial charge >= 0.3 is 0 Å². The molecule has 2 heterocycles. The lowest BCUT2D eigenvalue weighted by Gasteiger charge is -2.47. The van der Waals surface area contributed by atoms with Gasteiger partial charge in [-0.3, -0.25) is 4.90 Å². The van der Waals surface area contributed by atoms with Crippen molar-refractivity contribution in [2.45, 2.75) is 51.6 Å². The van der Waals surface area contributed by atoms with Gasteiger partial charge in [0.1, 0.15) is 0 Å². The van der Waals surface area contributed by atoms with E-state index in [-0.39, 0.29) is 0 Å². The van der Waals surface area contributed by atoms with E-state index in [4.69, 9.17) is 4.74 Å². The van der Waals surface area contributed by atoms with Crippen LogP contribution in [-0.2, 0) is 4.74 Å². The van der Waals surface area contributed by atoms with E-state index in [9.17, 15) is 0 Å². The van der Waals surface area contributed by atoms with Gasteiger partial charge in [-0.25, -0.2) is 0 Å². The second kappa shape index (κ2) is 6.72. The topological polar surface area (TPSA) is 24.5 Å². The summed E-state index contributed by atoms with van der Waals surface area (Å²) in [5.74, 6) is 0.812. The van der Waals surface area contributed by atoms with Crippen LogP contribution in [0.5, 0.6) is 0 Å². The number of nitrogens with one attached hydrogen (secondary N) is 1. The molecule has 1 N–H and O–H groups in total. The van der Waals surface area contributed by atoms with Gasteiger partial charge in [0.25, 0.3) is 0 Å². The Morgan fingerprint density at radius 1 is 1.29 bits per heavy atom. The van der Waals surface area contributed by atoms with Gasteiger partial charge in [-0.05, 0) is 31.7 Å². The van der Waals surface area contributed by atoms with Crippen molar-refractivity contribution in [1.82, 2.24) is 10.2 Å². The Hall–Kier alpha value is -0.120. The monoisotopic (exact) mass is 240 g/mol. The maximum absolute atomic E-state index is 5.44. The van der Waals surface area contributed by atoms with Crippen LogP contribution >= 0.6 is 0 Å². The first kappa shape index (κ1) is 13.3. The van der Waals surface area contributed by atoms with Crippen LogP contribution in [0.3, 0.4) is 0 Å². The molecule has 2 rings (SSSR count). The van der Waals surface area contributed by atoms with Gasteiger partial charge in [-0.1, -0.05) is 20.3 Å². The van der Waals surface area contributed by atoms with Gasteiger partial charge in [-0.2, -0.15) is 0 Å². The molecule has 100 valence electrons. The molecule has 0 radical (unpaired) electrons. The first-order valence-corrected chi connectivity index (χ1v) is 7.35. The summed E-state index contributed by atoms with van der Waals surface area (Å²) in [5, 5.41) is 3.63. The highest BCUT2D eigenvalue weighted by atomic mass is 16.5. The van der Waals surface area contributed by atoms with Crippen molar-refractivity contribution in [3.05, 3.63) is 0 Å². The number of likely N-dealkylation sites (tertiary alicyclic amines) is 1. The summed E-state index contributed by atoms with van der Waals surface area (Å²) in [7, 11) is 0. The standard InChI is InChI=1S/C14H28N2O/c1-3-12(2)10-15-11-14-4-7-16(14)13-5-8-17-9-6-13/h12-15H,3-11H2,1-2H3. The zero-order chi connectivity index (χ0) is 12.1. The van der Waals surface area contributed by atoms with Gasteiger partial charge < -0.3 is 10.1 Å². The molecule has 2 aliphatic rings. The molecule has 0 bridgehead atoms. The van der Waals surface area contributed by atoms with Crippen LogP contribution in [0.2, 0.25) is 0 Å². The lowest BCUT2D eigenvalue weighted by Crippen LogP contribution is -2.58. The molecule has 0 aliphatic carbocycles. The maximum Gasteiger partial charge on any atom is 0.0480 e. The van der Waals surface area contributed by atoms with Crippen LogP contribution in [0.25, 0.3) is 0 Å². The molecule has 0 amide bonds. The van der Waals surface area contributed by atoms with Crippen LogP contribution in [0, 0.1) is 5.92 Å². The molecule has 0 aromatic carbocycles. The molecule has 2 atom stereocenters. The second-order valence-corrected chi connectivity index (χ2v) is 5.70. The first-order valence-electron chi connectivity index (χ1n) is 7.35. The number of ether oxygens (including phenoxy) is 1. The van der Waals surface area contributed by atoms with E-state index in [0.717, 1.165) is 31.2 Å². The van der Waals surface area contributed by atoms with E-state index in [1.54, 1.807) is 0 Å². The van der Waals surface area contributed by atoms with E-state index in [2.05, 4.69) is 24.1 Å². The summed E-state index contributed by atoms with van der Waals surface area (Å²) in [6.45, 7) is 10.2. The molecule has 3 heteroatoms. The molecular weight excluding hydrogens is 212 g/mol. The predicted octanol–water partition coefficient (Wildman–Crippen LogP) is 1.88. The Labute approximate surface area is 106 Å². The third-order valence-electron chi connectivity index (χ3n) is 4.42. The average molecular weight is 240 g/mol. The predicted molar refractivity (Wildman–Crippen MR) is 71.3 cm³/mol. The van der Waals surface area contributed by atoms with Gasteiger partial charge in [0.2, 0.25) is 0 Å². The fourth-order valence-corrected chi connectivity index (χ4v) is 2.82. The quantitative estimate of drug-likeness (QED) is 0.767. The zero-order valence-corrected chi connectivity index (χ0v) is 11.5. The maximum atomic E-state index is 5.44. The molecule has 2 aliphatic heterocycles. The Balaban J connectivity index is 1.64. The van der Waals surface area contributed by atoms with Crippen LogP contribution in [0.1, 0.15) is 39.5 Å². The summed E-state index contributed by atoms with van der Waals surface area (Å²) >= 11 is 0. The van der Waals surface area contributed by atoms with Crippen LogP contribution < -0.4 is 5.32 Å². The van der Waals surface area contributed by atoms with Crippen molar-refractivity contribution >= 4 is 0 Å². The van der Waals surface area contributed by atoms with Crippen molar-refractivity contribution in [2.75, 3.05) is 32.8 Å². The minimum absolute atomic E-state index is 0.794. The van der Waals surface area contributed by atoms with Crippen LogP contribution in [0.15, 0.2) is 0 Å². The van der Waals surface area contributed by atoms with E-state index < -0.39 is 0 Å². The largest absolute Gasteiger partial charge is 0.381 e. The van der Waals surface area contributed by atoms with Crippen molar-refractivity contribution in [3.8, 4) is 0 Å². The highest BCUT2D eigenvalue weighted by Gasteiger charge is 2.34.